The summed E-state index contributed by atoms with van der Waals surface area (Å²) in [5, 5.41) is 5.31. The molecule has 10 heteroatoms. The van der Waals surface area contributed by atoms with Crippen LogP contribution < -0.4 is 10.6 Å². The van der Waals surface area contributed by atoms with Gasteiger partial charge < -0.3 is 15.4 Å². The van der Waals surface area contributed by atoms with Gasteiger partial charge in [0.05, 0.1) is 11.4 Å². The number of amides is 1. The number of nitrogens with one attached hydrogen (secondary N) is 2. The summed E-state index contributed by atoms with van der Waals surface area (Å²) in [4.78, 5) is 24.2. The molecule has 0 aliphatic heterocycles. The van der Waals surface area contributed by atoms with Crippen molar-refractivity contribution in [1.82, 2.24) is 4.37 Å². The van der Waals surface area contributed by atoms with Crippen molar-refractivity contribution in [3.8, 4) is 0 Å². The first-order valence-corrected chi connectivity index (χ1v) is 7.83. The van der Waals surface area contributed by atoms with E-state index in [9.17, 15) is 22.8 Å². The highest BCUT2D eigenvalue weighted by Crippen LogP contribution is 2.25. The fourth-order valence-electron chi connectivity index (χ4n) is 1.91. The number of hydrogen-bond donors (Lipinski definition) is 2. The SMILES string of the molecule is CNc1snc(C)c1C(=O)O[C@H](C)C(=O)Nc1ccc(F)c(F)c1F. The van der Waals surface area contributed by atoms with Gasteiger partial charge in [-0.25, -0.2) is 18.0 Å². The quantitative estimate of drug-likeness (QED) is 0.622. The van der Waals surface area contributed by atoms with Gasteiger partial charge in [-0.1, -0.05) is 0 Å². The summed E-state index contributed by atoms with van der Waals surface area (Å²) in [7, 11) is 1.60. The molecule has 1 atom stereocenters. The van der Waals surface area contributed by atoms with E-state index >= 15 is 0 Å². The highest BCUT2D eigenvalue weighted by atomic mass is 32.1. The molecule has 1 amide bonds. The van der Waals surface area contributed by atoms with E-state index in [2.05, 4.69) is 9.69 Å². The molecule has 2 rings (SSSR count). The molecule has 1 aromatic carbocycles. The van der Waals surface area contributed by atoms with Crippen LogP contribution in [0.25, 0.3) is 0 Å². The molecular weight excluding hydrogens is 359 g/mol. The van der Waals surface area contributed by atoms with Crippen molar-refractivity contribution in [2.24, 2.45) is 0 Å². The van der Waals surface area contributed by atoms with E-state index in [-0.39, 0.29) is 5.56 Å². The van der Waals surface area contributed by atoms with Crippen LogP contribution in [0.3, 0.4) is 0 Å². The van der Waals surface area contributed by atoms with Crippen LogP contribution >= 0.6 is 11.5 Å². The number of hydrogen-bond acceptors (Lipinski definition) is 6. The minimum absolute atomic E-state index is 0.186. The minimum Gasteiger partial charge on any atom is -0.449 e. The van der Waals surface area contributed by atoms with Gasteiger partial charge in [0, 0.05) is 7.05 Å². The van der Waals surface area contributed by atoms with Crippen LogP contribution in [-0.4, -0.2) is 29.4 Å². The predicted octanol–water partition coefficient (Wildman–Crippen LogP) is 3.09. The van der Waals surface area contributed by atoms with Gasteiger partial charge in [-0.15, -0.1) is 0 Å². The Morgan fingerprint density at radius 1 is 1.24 bits per heavy atom. The standard InChI is InChI=1S/C15H14F3N3O3S/c1-6-10(14(19-3)25-21-6)15(23)24-7(2)13(22)20-9-5-4-8(16)11(17)12(9)18/h4-5,7,19H,1-3H3,(H,20,22)/t7-/m1/s1. The number of anilines is 2. The summed E-state index contributed by atoms with van der Waals surface area (Å²) in [6.45, 7) is 2.87. The Bertz CT molecular complexity index is 826. The first kappa shape index (κ1) is 18.7. The molecule has 2 aromatic rings. The van der Waals surface area contributed by atoms with Crippen LogP contribution in [0.4, 0.5) is 23.9 Å². The first-order chi connectivity index (χ1) is 11.8. The smallest absolute Gasteiger partial charge is 0.343 e. The molecule has 1 aromatic heterocycles. The lowest BCUT2D eigenvalue weighted by atomic mass is 10.2. The Labute approximate surface area is 145 Å². The number of carbonyl (C=O) groups excluding carboxylic acids is 2. The number of aromatic nitrogens is 1. The van der Waals surface area contributed by atoms with Crippen molar-refractivity contribution < 1.29 is 27.5 Å². The number of aryl methyl sites for hydroxylation is 1. The van der Waals surface area contributed by atoms with E-state index in [0.717, 1.165) is 17.6 Å². The average Bonchev–Trinajstić information content (AvgIpc) is 2.96. The van der Waals surface area contributed by atoms with Gasteiger partial charge in [0.25, 0.3) is 5.91 Å². The molecule has 0 unspecified atom stereocenters. The summed E-state index contributed by atoms with van der Waals surface area (Å²) in [5.74, 6) is -6.31. The van der Waals surface area contributed by atoms with Crippen LogP contribution in [0.2, 0.25) is 0 Å². The molecule has 6 nitrogen and oxygen atoms in total. The maximum absolute atomic E-state index is 13.6. The maximum Gasteiger partial charge on any atom is 0.343 e. The molecule has 0 bridgehead atoms. The van der Waals surface area contributed by atoms with Crippen LogP contribution in [0, 0.1) is 24.4 Å². The van der Waals surface area contributed by atoms with Crippen molar-refractivity contribution in [1.29, 1.82) is 0 Å². The summed E-state index contributed by atoms with van der Waals surface area (Å²) >= 11 is 1.06. The normalized spacial score (nSPS) is 11.8. The number of halogens is 3. The third-order valence-electron chi connectivity index (χ3n) is 3.24. The Morgan fingerprint density at radius 3 is 2.56 bits per heavy atom. The number of nitrogens with zero attached hydrogens (tertiary/aromatic N) is 1. The number of carbonyl (C=O) groups is 2. The van der Waals surface area contributed by atoms with E-state index in [1.165, 1.54) is 6.92 Å². The maximum atomic E-state index is 13.6. The number of benzene rings is 1. The zero-order valence-electron chi connectivity index (χ0n) is 13.4. The van der Waals surface area contributed by atoms with E-state index in [1.54, 1.807) is 14.0 Å². The van der Waals surface area contributed by atoms with Gasteiger partial charge in [-0.2, -0.15) is 4.37 Å². The third-order valence-corrected chi connectivity index (χ3v) is 4.20. The van der Waals surface area contributed by atoms with Crippen LogP contribution in [0.5, 0.6) is 0 Å². The van der Waals surface area contributed by atoms with Gasteiger partial charge in [0.2, 0.25) is 0 Å². The Kier molecular flexibility index (Phi) is 5.62. The minimum atomic E-state index is -1.71. The summed E-state index contributed by atoms with van der Waals surface area (Å²) < 4.78 is 48.7. The van der Waals surface area contributed by atoms with Crippen molar-refractivity contribution in [2.75, 3.05) is 17.7 Å². The second kappa shape index (κ2) is 7.51. The highest BCUT2D eigenvalue weighted by molar-refractivity contribution is 7.10. The Morgan fingerprint density at radius 2 is 1.92 bits per heavy atom. The molecule has 134 valence electrons. The van der Waals surface area contributed by atoms with Gasteiger partial charge in [0.15, 0.2) is 23.6 Å². The van der Waals surface area contributed by atoms with Crippen molar-refractivity contribution in [3.05, 3.63) is 40.8 Å². The topological polar surface area (TPSA) is 80.3 Å². The zero-order chi connectivity index (χ0) is 18.7. The molecule has 0 aliphatic carbocycles. The van der Waals surface area contributed by atoms with Crippen molar-refractivity contribution >= 4 is 34.1 Å². The summed E-state index contributed by atoms with van der Waals surface area (Å²) in [6, 6.07) is 1.54. The highest BCUT2D eigenvalue weighted by Gasteiger charge is 2.25. The van der Waals surface area contributed by atoms with Crippen molar-refractivity contribution in [2.45, 2.75) is 20.0 Å². The van der Waals surface area contributed by atoms with E-state index < -0.39 is 41.1 Å². The zero-order valence-corrected chi connectivity index (χ0v) is 14.3. The predicted molar refractivity (Wildman–Crippen MR) is 86.2 cm³/mol. The van der Waals surface area contributed by atoms with Crippen LogP contribution in [0.15, 0.2) is 12.1 Å². The monoisotopic (exact) mass is 373 g/mol. The van der Waals surface area contributed by atoms with Gasteiger partial charge in [-0.05, 0) is 37.5 Å². The van der Waals surface area contributed by atoms with E-state index in [1.807, 2.05) is 5.32 Å². The lowest BCUT2D eigenvalue weighted by Crippen LogP contribution is -2.30. The van der Waals surface area contributed by atoms with Gasteiger partial charge in [0.1, 0.15) is 10.6 Å². The first-order valence-electron chi connectivity index (χ1n) is 7.05. The van der Waals surface area contributed by atoms with Crippen LogP contribution in [-0.2, 0) is 9.53 Å². The molecule has 0 spiro atoms. The largest absolute Gasteiger partial charge is 0.449 e. The molecule has 0 radical (unpaired) electrons. The van der Waals surface area contributed by atoms with Gasteiger partial charge in [-0.3, -0.25) is 4.79 Å². The number of rotatable bonds is 5. The Balaban J connectivity index is 2.09. The molecule has 2 N–H and O–H groups in total. The molecule has 1 heterocycles. The van der Waals surface area contributed by atoms with Gasteiger partial charge >= 0.3 is 5.97 Å². The lowest BCUT2D eigenvalue weighted by Gasteiger charge is -2.14. The molecule has 0 saturated carbocycles. The molecule has 0 saturated heterocycles. The van der Waals surface area contributed by atoms with E-state index in [0.29, 0.717) is 16.8 Å². The fraction of sp³-hybridized carbons (Fsp3) is 0.267. The lowest BCUT2D eigenvalue weighted by molar-refractivity contribution is -0.123. The summed E-state index contributed by atoms with van der Waals surface area (Å²) in [6.07, 6.45) is -1.30. The molecule has 0 aliphatic rings. The van der Waals surface area contributed by atoms with Crippen LogP contribution in [0.1, 0.15) is 23.0 Å². The van der Waals surface area contributed by atoms with Crippen molar-refractivity contribution in [3.63, 3.8) is 0 Å². The third kappa shape index (κ3) is 3.90. The number of esters is 1. The molecule has 25 heavy (non-hydrogen) atoms. The summed E-state index contributed by atoms with van der Waals surface area (Å²) in [5.41, 5.74) is 0.0564. The molecule has 0 fully saturated rings. The average molecular weight is 373 g/mol. The Hall–Kier alpha value is -2.62. The second-order valence-corrected chi connectivity index (χ2v) is 5.76. The fourth-order valence-corrected chi connectivity index (χ4v) is 2.64. The second-order valence-electron chi connectivity index (χ2n) is 4.98. The van der Waals surface area contributed by atoms with E-state index in [4.69, 9.17) is 4.74 Å². The number of ether oxygens (including phenoxy) is 1. The molecular formula is C15H14F3N3O3S.